The highest BCUT2D eigenvalue weighted by Gasteiger charge is 2.18. The van der Waals surface area contributed by atoms with Crippen LogP contribution in [0.1, 0.15) is 6.92 Å². The Morgan fingerprint density at radius 1 is 0.968 bits per heavy atom. The molecule has 0 saturated carbocycles. The lowest BCUT2D eigenvalue weighted by Crippen LogP contribution is -2.30. The van der Waals surface area contributed by atoms with Crippen LogP contribution in [0.4, 0.5) is 5.13 Å². The molecular formula is C24H18Cl2N2O2S. The van der Waals surface area contributed by atoms with Crippen LogP contribution in [-0.4, -0.2) is 17.0 Å². The summed E-state index contributed by atoms with van der Waals surface area (Å²) in [7, 11) is 0. The van der Waals surface area contributed by atoms with Gasteiger partial charge in [-0.25, -0.2) is 4.98 Å². The van der Waals surface area contributed by atoms with E-state index in [1.165, 1.54) is 11.3 Å². The summed E-state index contributed by atoms with van der Waals surface area (Å²) >= 11 is 13.4. The Balaban J connectivity index is 1.41. The number of amides is 1. The van der Waals surface area contributed by atoms with E-state index in [1.54, 1.807) is 25.1 Å². The zero-order valence-corrected chi connectivity index (χ0v) is 18.8. The Hall–Kier alpha value is -2.86. The molecule has 1 amide bonds. The van der Waals surface area contributed by atoms with Gasteiger partial charge in [0.25, 0.3) is 5.91 Å². The van der Waals surface area contributed by atoms with E-state index in [0.29, 0.717) is 20.9 Å². The largest absolute Gasteiger partial charge is 0.479 e. The Kier molecular flexibility index (Phi) is 6.56. The van der Waals surface area contributed by atoms with Crippen LogP contribution in [0, 0.1) is 0 Å². The molecular weight excluding hydrogens is 451 g/mol. The van der Waals surface area contributed by atoms with E-state index in [4.69, 9.17) is 27.9 Å². The van der Waals surface area contributed by atoms with Gasteiger partial charge in [-0.2, -0.15) is 0 Å². The maximum Gasteiger partial charge on any atom is 0.266 e. The molecule has 4 nitrogen and oxygen atoms in total. The van der Waals surface area contributed by atoms with Crippen LogP contribution < -0.4 is 10.1 Å². The summed E-state index contributed by atoms with van der Waals surface area (Å²) in [5.41, 5.74) is 4.08. The predicted molar refractivity (Wildman–Crippen MR) is 128 cm³/mol. The molecule has 31 heavy (non-hydrogen) atoms. The first-order valence-corrected chi connectivity index (χ1v) is 11.2. The number of hydrogen-bond acceptors (Lipinski definition) is 4. The molecule has 0 saturated heterocycles. The van der Waals surface area contributed by atoms with E-state index in [0.717, 1.165) is 22.4 Å². The monoisotopic (exact) mass is 468 g/mol. The van der Waals surface area contributed by atoms with E-state index < -0.39 is 6.10 Å². The highest BCUT2D eigenvalue weighted by atomic mass is 35.5. The molecule has 1 atom stereocenters. The first kappa shape index (κ1) is 21.4. The molecule has 1 aromatic heterocycles. The van der Waals surface area contributed by atoms with Crippen LogP contribution in [0.15, 0.2) is 78.2 Å². The van der Waals surface area contributed by atoms with Crippen molar-refractivity contribution in [3.63, 3.8) is 0 Å². The van der Waals surface area contributed by atoms with Crippen molar-refractivity contribution in [2.45, 2.75) is 13.0 Å². The molecule has 3 aromatic carbocycles. The third-order valence-corrected chi connectivity index (χ3v) is 5.88. The van der Waals surface area contributed by atoms with Crippen molar-refractivity contribution in [3.05, 3.63) is 88.2 Å². The SMILES string of the molecule is C[C@@H](Oc1ccc(Cl)cc1Cl)C(=O)Nc1nc(-c2ccc(-c3ccccc3)cc2)cs1. The van der Waals surface area contributed by atoms with E-state index in [9.17, 15) is 4.79 Å². The van der Waals surface area contributed by atoms with Gasteiger partial charge >= 0.3 is 0 Å². The summed E-state index contributed by atoms with van der Waals surface area (Å²) in [6.07, 6.45) is -0.754. The van der Waals surface area contributed by atoms with Crippen molar-refractivity contribution in [1.29, 1.82) is 0 Å². The van der Waals surface area contributed by atoms with Gasteiger partial charge < -0.3 is 4.74 Å². The zero-order valence-electron chi connectivity index (χ0n) is 16.5. The Morgan fingerprint density at radius 2 is 1.65 bits per heavy atom. The highest BCUT2D eigenvalue weighted by Crippen LogP contribution is 2.30. The lowest BCUT2D eigenvalue weighted by atomic mass is 10.0. The normalized spacial score (nSPS) is 11.7. The molecule has 4 aromatic rings. The average Bonchev–Trinajstić information content (AvgIpc) is 3.25. The van der Waals surface area contributed by atoms with E-state index in [-0.39, 0.29) is 5.91 Å². The van der Waals surface area contributed by atoms with Crippen molar-refractivity contribution in [1.82, 2.24) is 4.98 Å². The number of halogens is 2. The molecule has 0 unspecified atom stereocenters. The number of carbonyl (C=O) groups excluding carboxylic acids is 1. The fourth-order valence-electron chi connectivity index (χ4n) is 2.95. The zero-order chi connectivity index (χ0) is 21.8. The standard InChI is InChI=1S/C24H18Cl2N2O2S/c1-15(30-22-12-11-19(25)13-20(22)26)23(29)28-24-27-21(14-31-24)18-9-7-17(8-10-18)16-5-3-2-4-6-16/h2-15H,1H3,(H,27,28,29)/t15-/m1/s1. The molecule has 0 fully saturated rings. The van der Waals surface area contributed by atoms with Crippen molar-refractivity contribution >= 4 is 45.6 Å². The minimum Gasteiger partial charge on any atom is -0.479 e. The minimum atomic E-state index is -0.754. The van der Waals surface area contributed by atoms with E-state index >= 15 is 0 Å². The predicted octanol–water partition coefficient (Wildman–Crippen LogP) is 7.19. The number of nitrogens with one attached hydrogen (secondary N) is 1. The number of ether oxygens (including phenoxy) is 1. The number of anilines is 1. The maximum absolute atomic E-state index is 12.5. The summed E-state index contributed by atoms with van der Waals surface area (Å²) < 4.78 is 5.65. The molecule has 1 N–H and O–H groups in total. The average molecular weight is 469 g/mol. The lowest BCUT2D eigenvalue weighted by molar-refractivity contribution is -0.122. The summed E-state index contributed by atoms with van der Waals surface area (Å²) in [5, 5.41) is 6.06. The summed E-state index contributed by atoms with van der Waals surface area (Å²) in [6, 6.07) is 23.2. The molecule has 4 rings (SSSR count). The molecule has 1 heterocycles. The maximum atomic E-state index is 12.5. The van der Waals surface area contributed by atoms with Gasteiger partial charge in [0.2, 0.25) is 0 Å². The molecule has 0 bridgehead atoms. The second-order valence-electron chi connectivity index (χ2n) is 6.81. The van der Waals surface area contributed by atoms with Crippen LogP contribution in [-0.2, 0) is 4.79 Å². The molecule has 0 aliphatic rings. The van der Waals surface area contributed by atoms with Gasteiger partial charge in [0.05, 0.1) is 10.7 Å². The van der Waals surface area contributed by atoms with Crippen molar-refractivity contribution < 1.29 is 9.53 Å². The van der Waals surface area contributed by atoms with Gasteiger partial charge in [-0.3, -0.25) is 10.1 Å². The van der Waals surface area contributed by atoms with Crippen molar-refractivity contribution in [2.24, 2.45) is 0 Å². The van der Waals surface area contributed by atoms with Crippen LogP contribution in [0.5, 0.6) is 5.75 Å². The molecule has 0 aliphatic heterocycles. The van der Waals surface area contributed by atoms with Gasteiger partial charge in [-0.05, 0) is 36.2 Å². The van der Waals surface area contributed by atoms with Crippen LogP contribution in [0.25, 0.3) is 22.4 Å². The van der Waals surface area contributed by atoms with Crippen molar-refractivity contribution in [3.8, 4) is 28.1 Å². The van der Waals surface area contributed by atoms with E-state index in [1.807, 2.05) is 35.7 Å². The molecule has 156 valence electrons. The summed E-state index contributed by atoms with van der Waals surface area (Å²) in [4.78, 5) is 17.0. The fraction of sp³-hybridized carbons (Fsp3) is 0.0833. The number of carbonyl (C=O) groups is 1. The van der Waals surface area contributed by atoms with Crippen LogP contribution in [0.3, 0.4) is 0 Å². The van der Waals surface area contributed by atoms with Gasteiger partial charge in [0.1, 0.15) is 5.75 Å². The molecule has 0 spiro atoms. The third kappa shape index (κ3) is 5.25. The topological polar surface area (TPSA) is 51.2 Å². The first-order chi connectivity index (χ1) is 15.0. The first-order valence-electron chi connectivity index (χ1n) is 9.53. The molecule has 0 radical (unpaired) electrons. The summed E-state index contributed by atoms with van der Waals surface area (Å²) in [6.45, 7) is 1.65. The number of benzene rings is 3. The molecule has 7 heteroatoms. The second-order valence-corrected chi connectivity index (χ2v) is 8.51. The number of hydrogen-bond donors (Lipinski definition) is 1. The van der Waals surface area contributed by atoms with E-state index in [2.05, 4.69) is 34.6 Å². The second kappa shape index (κ2) is 9.52. The number of nitrogens with zero attached hydrogens (tertiary/aromatic N) is 1. The number of rotatable bonds is 6. The molecule has 0 aliphatic carbocycles. The quantitative estimate of drug-likeness (QED) is 0.325. The fourth-order valence-corrected chi connectivity index (χ4v) is 4.13. The van der Waals surface area contributed by atoms with Crippen LogP contribution in [0.2, 0.25) is 10.0 Å². The third-order valence-electron chi connectivity index (χ3n) is 4.59. The number of aromatic nitrogens is 1. The Morgan fingerprint density at radius 3 is 2.35 bits per heavy atom. The smallest absolute Gasteiger partial charge is 0.266 e. The van der Waals surface area contributed by atoms with Gasteiger partial charge in [-0.1, -0.05) is 77.8 Å². The lowest BCUT2D eigenvalue weighted by Gasteiger charge is -2.14. The Bertz CT molecular complexity index is 1190. The van der Waals surface area contributed by atoms with Gasteiger partial charge in [0, 0.05) is 16.0 Å². The number of thiazole rings is 1. The van der Waals surface area contributed by atoms with Crippen molar-refractivity contribution in [2.75, 3.05) is 5.32 Å². The minimum absolute atomic E-state index is 0.314. The van der Waals surface area contributed by atoms with Crippen LogP contribution >= 0.6 is 34.5 Å². The van der Waals surface area contributed by atoms with Gasteiger partial charge in [0.15, 0.2) is 11.2 Å². The summed E-state index contributed by atoms with van der Waals surface area (Å²) in [5.74, 6) is 0.0818. The van der Waals surface area contributed by atoms with Gasteiger partial charge in [-0.15, -0.1) is 11.3 Å². The Labute approximate surface area is 194 Å². The highest BCUT2D eigenvalue weighted by molar-refractivity contribution is 7.14.